The summed E-state index contributed by atoms with van der Waals surface area (Å²) in [5, 5.41) is 12.4. The summed E-state index contributed by atoms with van der Waals surface area (Å²) in [5.41, 5.74) is -2.93. The lowest BCUT2D eigenvalue weighted by atomic mass is 9.75. The van der Waals surface area contributed by atoms with E-state index in [9.17, 15) is 18.0 Å². The number of carbonyl (C=O) groups excluding carboxylic acids is 1. The van der Waals surface area contributed by atoms with E-state index in [-0.39, 0.29) is 17.7 Å². The summed E-state index contributed by atoms with van der Waals surface area (Å²) in [6.45, 7) is 1.83. The molecule has 1 aromatic carbocycles. The van der Waals surface area contributed by atoms with Gasteiger partial charge in [0.2, 0.25) is 0 Å². The zero-order valence-electron chi connectivity index (χ0n) is 18.8. The summed E-state index contributed by atoms with van der Waals surface area (Å²) in [6.07, 6.45) is 0.322. The van der Waals surface area contributed by atoms with Gasteiger partial charge >= 0.3 is 6.18 Å². The van der Waals surface area contributed by atoms with Crippen LogP contribution in [0.2, 0.25) is 0 Å². The first kappa shape index (κ1) is 23.8. The number of hydrogen-bond donors (Lipinski definition) is 2. The Labute approximate surface area is 206 Å². The molecule has 3 heterocycles. The minimum Gasteiger partial charge on any atom is -0.490 e. The van der Waals surface area contributed by atoms with Gasteiger partial charge in [0.25, 0.3) is 5.91 Å². The first-order chi connectivity index (χ1) is 16.7. The summed E-state index contributed by atoms with van der Waals surface area (Å²) in [7, 11) is 0. The molecule has 2 aliphatic heterocycles. The Hall–Kier alpha value is -2.97. The number of halogens is 3. The third-order valence-electron chi connectivity index (χ3n) is 6.99. The lowest BCUT2D eigenvalue weighted by Crippen LogP contribution is -2.55. The molecular formula is C24H24F3N5O2S. The van der Waals surface area contributed by atoms with Crippen LogP contribution >= 0.6 is 12.6 Å². The standard InChI is InChI=1S/C24H24F3N5O2S/c25-24(26,27)19-12-16(14-30-20(19)13-28)31-21(33)23(8-1-9-23)32(22(31)35)15-2-4-17(5-3-15)34-18-6-10-29-11-7-18/h2-5,12,14,18,22,29,35H,1,6-11H2. The third-order valence-corrected chi connectivity index (χ3v) is 7.45. The predicted octanol–water partition coefficient (Wildman–Crippen LogP) is 4.09. The highest BCUT2D eigenvalue weighted by Gasteiger charge is 2.60. The number of piperidine rings is 1. The average molecular weight is 504 g/mol. The molecule has 0 radical (unpaired) electrons. The van der Waals surface area contributed by atoms with Crippen LogP contribution in [0.4, 0.5) is 24.5 Å². The van der Waals surface area contributed by atoms with Gasteiger partial charge in [0.15, 0.2) is 11.2 Å². The van der Waals surface area contributed by atoms with E-state index in [0.29, 0.717) is 12.8 Å². The highest BCUT2D eigenvalue weighted by atomic mass is 32.1. The number of alkyl halides is 3. The zero-order valence-corrected chi connectivity index (χ0v) is 19.6. The molecule has 1 aliphatic carbocycles. The molecule has 0 bridgehead atoms. The lowest BCUT2D eigenvalue weighted by Gasteiger charge is -2.44. The average Bonchev–Trinajstić information content (AvgIpc) is 3.06. The van der Waals surface area contributed by atoms with Crippen molar-refractivity contribution >= 4 is 29.9 Å². The molecule has 2 saturated heterocycles. The van der Waals surface area contributed by atoms with Crippen molar-refractivity contribution < 1.29 is 22.7 Å². The van der Waals surface area contributed by atoms with Crippen LogP contribution < -0.4 is 19.9 Å². The number of nitriles is 1. The van der Waals surface area contributed by atoms with Crippen LogP contribution in [-0.4, -0.2) is 41.1 Å². The molecule has 5 rings (SSSR count). The fourth-order valence-electron chi connectivity index (χ4n) is 5.05. The fraction of sp³-hybridized carbons (Fsp3) is 0.458. The maximum Gasteiger partial charge on any atom is 0.419 e. The molecule has 1 saturated carbocycles. The van der Waals surface area contributed by atoms with E-state index >= 15 is 0 Å². The van der Waals surface area contributed by atoms with Crippen LogP contribution in [-0.2, 0) is 11.0 Å². The van der Waals surface area contributed by atoms with E-state index in [0.717, 1.165) is 56.1 Å². The lowest BCUT2D eigenvalue weighted by molar-refractivity contribution is -0.138. The van der Waals surface area contributed by atoms with E-state index in [1.165, 1.54) is 11.0 Å². The molecule has 35 heavy (non-hydrogen) atoms. The highest BCUT2D eigenvalue weighted by molar-refractivity contribution is 7.81. The van der Waals surface area contributed by atoms with Gasteiger partial charge in [-0.25, -0.2) is 4.98 Å². The molecule has 1 N–H and O–H groups in total. The summed E-state index contributed by atoms with van der Waals surface area (Å²) < 4.78 is 46.7. The largest absolute Gasteiger partial charge is 0.490 e. The van der Waals surface area contributed by atoms with Crippen molar-refractivity contribution in [3.8, 4) is 11.8 Å². The summed E-state index contributed by atoms with van der Waals surface area (Å²) >= 11 is 4.67. The van der Waals surface area contributed by atoms with E-state index in [1.54, 1.807) is 0 Å². The number of nitrogens with one attached hydrogen (secondary N) is 1. The summed E-state index contributed by atoms with van der Waals surface area (Å²) in [5.74, 6) is 0.408. The van der Waals surface area contributed by atoms with Gasteiger partial charge < -0.3 is 15.0 Å². The first-order valence-corrected chi connectivity index (χ1v) is 12.0. The number of aromatic nitrogens is 1. The van der Waals surface area contributed by atoms with Gasteiger partial charge in [-0.1, -0.05) is 0 Å². The smallest absolute Gasteiger partial charge is 0.419 e. The van der Waals surface area contributed by atoms with E-state index in [2.05, 4.69) is 22.9 Å². The molecule has 2 aromatic rings. The molecule has 1 atom stereocenters. The molecule has 1 aromatic heterocycles. The molecule has 184 valence electrons. The van der Waals surface area contributed by atoms with Crippen molar-refractivity contribution in [3.05, 3.63) is 47.8 Å². The maximum absolute atomic E-state index is 13.6. The van der Waals surface area contributed by atoms with Gasteiger partial charge in [-0.15, -0.1) is 12.6 Å². The van der Waals surface area contributed by atoms with Gasteiger partial charge in [0.05, 0.1) is 17.4 Å². The second-order valence-corrected chi connectivity index (χ2v) is 9.50. The number of carbonyl (C=O) groups is 1. The second kappa shape index (κ2) is 8.91. The molecule has 1 unspecified atom stereocenters. The minimum atomic E-state index is -4.78. The van der Waals surface area contributed by atoms with Crippen molar-refractivity contribution in [3.63, 3.8) is 0 Å². The third kappa shape index (κ3) is 4.08. The quantitative estimate of drug-likeness (QED) is 0.612. The maximum atomic E-state index is 13.6. The van der Waals surface area contributed by atoms with Gasteiger partial charge in [0.1, 0.15) is 23.5 Å². The molecule has 1 amide bonds. The van der Waals surface area contributed by atoms with Gasteiger partial charge in [-0.05, 0) is 75.5 Å². The monoisotopic (exact) mass is 503 g/mol. The number of anilines is 2. The molecule has 1 spiro atoms. The fourth-order valence-corrected chi connectivity index (χ4v) is 5.64. The zero-order chi connectivity index (χ0) is 24.8. The molecule has 7 nitrogen and oxygen atoms in total. The number of nitrogens with zero attached hydrogens (tertiary/aromatic N) is 4. The van der Waals surface area contributed by atoms with Crippen LogP contribution in [0, 0.1) is 11.3 Å². The molecule has 3 aliphatic rings. The van der Waals surface area contributed by atoms with Crippen molar-refractivity contribution in [2.24, 2.45) is 0 Å². The van der Waals surface area contributed by atoms with Crippen LogP contribution in [0.15, 0.2) is 36.5 Å². The van der Waals surface area contributed by atoms with Crippen molar-refractivity contribution in [1.29, 1.82) is 5.26 Å². The predicted molar refractivity (Wildman–Crippen MR) is 126 cm³/mol. The Morgan fingerprint density at radius 2 is 1.86 bits per heavy atom. The second-order valence-electron chi connectivity index (χ2n) is 9.04. The molecule has 3 fully saturated rings. The van der Waals surface area contributed by atoms with Gasteiger partial charge in [0, 0.05) is 5.69 Å². The Bertz CT molecular complexity index is 1160. The number of rotatable bonds is 4. The van der Waals surface area contributed by atoms with Crippen molar-refractivity contribution in [2.45, 2.75) is 55.4 Å². The number of ether oxygens (including phenoxy) is 1. The number of amides is 1. The molecule has 11 heteroatoms. The number of benzene rings is 1. The molecular weight excluding hydrogens is 479 g/mol. The Kier molecular flexibility index (Phi) is 6.05. The van der Waals surface area contributed by atoms with Gasteiger partial charge in [-0.3, -0.25) is 9.69 Å². The van der Waals surface area contributed by atoms with Crippen LogP contribution in [0.25, 0.3) is 0 Å². The Balaban J connectivity index is 1.45. The Morgan fingerprint density at radius 3 is 2.43 bits per heavy atom. The highest BCUT2D eigenvalue weighted by Crippen LogP contribution is 2.50. The van der Waals surface area contributed by atoms with Crippen molar-refractivity contribution in [1.82, 2.24) is 10.3 Å². The van der Waals surface area contributed by atoms with Crippen LogP contribution in [0.1, 0.15) is 43.4 Å². The van der Waals surface area contributed by atoms with Gasteiger partial charge in [-0.2, -0.15) is 18.4 Å². The van der Waals surface area contributed by atoms with Crippen LogP contribution in [0.5, 0.6) is 5.75 Å². The summed E-state index contributed by atoms with van der Waals surface area (Å²) in [6, 6.07) is 9.69. The van der Waals surface area contributed by atoms with E-state index < -0.39 is 28.5 Å². The minimum absolute atomic E-state index is 0.0408. The topological polar surface area (TPSA) is 81.5 Å². The number of hydrogen-bond acceptors (Lipinski definition) is 7. The SMILES string of the molecule is N#Cc1ncc(N2C(=O)C3(CCC3)N(c3ccc(OC4CCNCC4)cc3)C2S)cc1C(F)(F)F. The number of thiol groups is 1. The van der Waals surface area contributed by atoms with Crippen molar-refractivity contribution in [2.75, 3.05) is 22.9 Å². The normalized spacial score (nSPS) is 22.3. The summed E-state index contributed by atoms with van der Waals surface area (Å²) in [4.78, 5) is 20.4. The first-order valence-electron chi connectivity index (χ1n) is 11.5. The van der Waals surface area contributed by atoms with E-state index in [1.807, 2.05) is 29.2 Å². The van der Waals surface area contributed by atoms with Crippen LogP contribution in [0.3, 0.4) is 0 Å². The number of pyridine rings is 1. The Morgan fingerprint density at radius 1 is 1.17 bits per heavy atom. The van der Waals surface area contributed by atoms with E-state index in [4.69, 9.17) is 10.00 Å².